The number of thiazole rings is 1. The van der Waals surface area contributed by atoms with Crippen LogP contribution < -0.4 is 10.6 Å². The highest BCUT2D eigenvalue weighted by Crippen LogP contribution is 2.24. The molecule has 1 aliphatic heterocycles. The zero-order chi connectivity index (χ0) is 16.1. The average Bonchev–Trinajstić information content (AvgIpc) is 2.85. The van der Waals surface area contributed by atoms with Crippen LogP contribution in [0.25, 0.3) is 10.2 Å². The monoisotopic (exact) mass is 319 g/mol. The van der Waals surface area contributed by atoms with E-state index in [1.807, 2.05) is 6.92 Å². The smallest absolute Gasteiger partial charge is 0.249 e. The Bertz CT molecular complexity index is 711. The summed E-state index contributed by atoms with van der Waals surface area (Å²) in [5.74, 6) is -0.702. The van der Waals surface area contributed by atoms with E-state index < -0.39 is 11.9 Å². The Balaban J connectivity index is 0.000000160. The lowest BCUT2D eigenvalue weighted by Crippen LogP contribution is -2.50. The molecule has 22 heavy (non-hydrogen) atoms. The number of aromatic nitrogens is 1. The van der Waals surface area contributed by atoms with Gasteiger partial charge in [0.15, 0.2) is 0 Å². The minimum Gasteiger partial charge on any atom is -0.347 e. The maximum atomic E-state index is 10.8. The lowest BCUT2D eigenvalue weighted by molar-refractivity contribution is -0.135. The molecule has 0 bridgehead atoms. The van der Waals surface area contributed by atoms with E-state index in [2.05, 4.69) is 40.7 Å². The summed E-state index contributed by atoms with van der Waals surface area (Å²) >= 11 is 1.77. The summed E-state index contributed by atoms with van der Waals surface area (Å²) < 4.78 is 1.32. The van der Waals surface area contributed by atoms with Crippen molar-refractivity contribution in [3.63, 3.8) is 0 Å². The van der Waals surface area contributed by atoms with Gasteiger partial charge in [-0.05, 0) is 31.9 Å². The number of aryl methyl sites for hydroxylation is 2. The lowest BCUT2D eigenvalue weighted by Gasteiger charge is -2.19. The molecule has 1 aromatic heterocycles. The van der Waals surface area contributed by atoms with E-state index in [9.17, 15) is 14.4 Å². The van der Waals surface area contributed by atoms with Crippen LogP contribution in [0.2, 0.25) is 0 Å². The molecular formula is C15H17N3O3S. The summed E-state index contributed by atoms with van der Waals surface area (Å²) in [6.45, 7) is 4.17. The van der Waals surface area contributed by atoms with E-state index >= 15 is 0 Å². The number of nitrogens with zero attached hydrogens (tertiary/aromatic N) is 1. The average molecular weight is 319 g/mol. The second kappa shape index (κ2) is 7.13. The third kappa shape index (κ3) is 3.88. The molecule has 2 aromatic rings. The summed E-state index contributed by atoms with van der Waals surface area (Å²) in [5.41, 5.74) is 2.46. The lowest BCUT2D eigenvalue weighted by atomic mass is 10.1. The first-order valence-corrected chi connectivity index (χ1v) is 7.69. The molecule has 0 spiro atoms. The number of imide groups is 1. The Kier molecular flexibility index (Phi) is 5.21. The van der Waals surface area contributed by atoms with Gasteiger partial charge in [-0.3, -0.25) is 19.7 Å². The van der Waals surface area contributed by atoms with Gasteiger partial charge in [0, 0.05) is 6.42 Å². The first-order chi connectivity index (χ1) is 10.5. The van der Waals surface area contributed by atoms with Crippen molar-refractivity contribution in [1.29, 1.82) is 0 Å². The molecule has 2 N–H and O–H groups in total. The summed E-state index contributed by atoms with van der Waals surface area (Å²) in [6, 6.07) is 5.70. The molecule has 0 radical (unpaired) electrons. The van der Waals surface area contributed by atoms with E-state index in [0.717, 1.165) is 10.5 Å². The van der Waals surface area contributed by atoms with Crippen LogP contribution in [0.4, 0.5) is 0 Å². The number of hydrogen-bond acceptors (Lipinski definition) is 5. The number of hydrogen-bond donors (Lipinski definition) is 2. The van der Waals surface area contributed by atoms with Crippen LogP contribution in [0, 0.1) is 13.8 Å². The maximum Gasteiger partial charge on any atom is 0.249 e. The Morgan fingerprint density at radius 1 is 1.36 bits per heavy atom. The Morgan fingerprint density at radius 3 is 2.77 bits per heavy atom. The Morgan fingerprint density at radius 2 is 2.14 bits per heavy atom. The topological polar surface area (TPSA) is 88.2 Å². The van der Waals surface area contributed by atoms with Gasteiger partial charge in [0.2, 0.25) is 18.2 Å². The van der Waals surface area contributed by atoms with Crippen LogP contribution in [0.5, 0.6) is 0 Å². The highest BCUT2D eigenvalue weighted by molar-refractivity contribution is 7.18. The third-order valence-electron chi connectivity index (χ3n) is 3.23. The second-order valence-electron chi connectivity index (χ2n) is 4.94. The molecule has 1 fully saturated rings. The highest BCUT2D eigenvalue weighted by Gasteiger charge is 2.25. The van der Waals surface area contributed by atoms with E-state index in [-0.39, 0.29) is 12.3 Å². The van der Waals surface area contributed by atoms with Crippen molar-refractivity contribution in [2.75, 3.05) is 0 Å². The minimum absolute atomic E-state index is 0.279. The third-order valence-corrected chi connectivity index (χ3v) is 4.35. The quantitative estimate of drug-likeness (QED) is 0.648. The molecule has 1 aromatic carbocycles. The Labute approximate surface area is 131 Å². The van der Waals surface area contributed by atoms with Gasteiger partial charge in [-0.1, -0.05) is 12.1 Å². The van der Waals surface area contributed by atoms with Crippen molar-refractivity contribution in [2.45, 2.75) is 32.7 Å². The molecular weight excluding hydrogens is 302 g/mol. The van der Waals surface area contributed by atoms with Gasteiger partial charge in [0.05, 0.1) is 15.2 Å². The van der Waals surface area contributed by atoms with Gasteiger partial charge in [0.1, 0.15) is 6.04 Å². The first kappa shape index (κ1) is 16.1. The van der Waals surface area contributed by atoms with E-state index in [1.165, 1.54) is 10.3 Å². The largest absolute Gasteiger partial charge is 0.347 e. The minimum atomic E-state index is -0.537. The van der Waals surface area contributed by atoms with Crippen LogP contribution >= 0.6 is 11.3 Å². The molecule has 6 nitrogen and oxygen atoms in total. The summed E-state index contributed by atoms with van der Waals surface area (Å²) in [6.07, 6.45) is 1.14. The highest BCUT2D eigenvalue weighted by atomic mass is 32.1. The van der Waals surface area contributed by atoms with Gasteiger partial charge in [-0.15, -0.1) is 11.3 Å². The number of nitrogens with one attached hydrogen (secondary N) is 2. The summed E-state index contributed by atoms with van der Waals surface area (Å²) in [5, 5.41) is 5.57. The van der Waals surface area contributed by atoms with Crippen molar-refractivity contribution in [3.05, 3.63) is 28.8 Å². The number of carbonyl (C=O) groups excluding carboxylic acids is 3. The Hall–Kier alpha value is -2.28. The normalized spacial score (nSPS) is 17.5. The van der Waals surface area contributed by atoms with Crippen LogP contribution in [0.3, 0.4) is 0 Å². The molecule has 1 atom stereocenters. The zero-order valence-electron chi connectivity index (χ0n) is 12.4. The van der Waals surface area contributed by atoms with Gasteiger partial charge in [0.25, 0.3) is 0 Å². The second-order valence-corrected chi connectivity index (χ2v) is 6.15. The summed E-state index contributed by atoms with van der Waals surface area (Å²) in [4.78, 5) is 35.7. The van der Waals surface area contributed by atoms with Crippen LogP contribution in [0.15, 0.2) is 18.2 Å². The fourth-order valence-electron chi connectivity index (χ4n) is 2.13. The molecule has 1 saturated heterocycles. The first-order valence-electron chi connectivity index (χ1n) is 6.87. The molecule has 2 heterocycles. The van der Waals surface area contributed by atoms with Crippen LogP contribution in [-0.2, 0) is 14.4 Å². The molecule has 0 saturated carbocycles. The SMILES string of the molecule is Cc1nc2cccc(C)c2s1.O=CNC1CCC(=O)NC1=O. The number of benzene rings is 1. The molecule has 3 amide bonds. The van der Waals surface area contributed by atoms with Crippen molar-refractivity contribution < 1.29 is 14.4 Å². The molecule has 116 valence electrons. The van der Waals surface area contributed by atoms with Gasteiger partial charge < -0.3 is 5.32 Å². The number of amides is 3. The van der Waals surface area contributed by atoms with E-state index in [0.29, 0.717) is 12.8 Å². The van der Waals surface area contributed by atoms with Gasteiger partial charge >= 0.3 is 0 Å². The molecule has 0 aliphatic carbocycles. The zero-order valence-corrected chi connectivity index (χ0v) is 13.2. The standard InChI is InChI=1S/C9H9NS.C6H8N2O3/c1-6-4-3-5-8-9(6)11-7(2)10-8;9-3-7-4-1-2-5(10)8-6(4)11/h3-5H,1-2H3;3-4H,1-2H2,(H,7,9)(H,8,10,11). The predicted octanol–water partition coefficient (Wildman–Crippen LogP) is 1.45. The fraction of sp³-hybridized carbons (Fsp3) is 0.333. The predicted molar refractivity (Wildman–Crippen MR) is 84.5 cm³/mol. The number of piperidine rings is 1. The van der Waals surface area contributed by atoms with E-state index in [4.69, 9.17) is 0 Å². The van der Waals surface area contributed by atoms with Gasteiger partial charge in [-0.25, -0.2) is 4.98 Å². The summed E-state index contributed by atoms with van der Waals surface area (Å²) in [7, 11) is 0. The molecule has 7 heteroatoms. The van der Waals surface area contributed by atoms with Crippen molar-refractivity contribution in [1.82, 2.24) is 15.6 Å². The van der Waals surface area contributed by atoms with Crippen molar-refractivity contribution in [3.8, 4) is 0 Å². The van der Waals surface area contributed by atoms with Crippen molar-refractivity contribution in [2.24, 2.45) is 0 Å². The maximum absolute atomic E-state index is 10.8. The molecule has 1 unspecified atom stereocenters. The molecule has 3 rings (SSSR count). The number of rotatable bonds is 2. The number of fused-ring (bicyclic) bond motifs is 1. The van der Waals surface area contributed by atoms with Crippen LogP contribution in [-0.4, -0.2) is 29.3 Å². The van der Waals surface area contributed by atoms with E-state index in [1.54, 1.807) is 11.3 Å². The van der Waals surface area contributed by atoms with Crippen LogP contribution in [0.1, 0.15) is 23.4 Å². The van der Waals surface area contributed by atoms with Crippen molar-refractivity contribution >= 4 is 39.8 Å². The molecule has 1 aliphatic rings. The van der Waals surface area contributed by atoms with Gasteiger partial charge in [-0.2, -0.15) is 0 Å². The fourth-order valence-corrected chi connectivity index (χ4v) is 3.02. The number of carbonyl (C=O) groups is 3.